The Hall–Kier alpha value is -2.14. The number of aryl methyl sites for hydroxylation is 1. The normalized spacial score (nSPS) is 10.2. The van der Waals surface area contributed by atoms with Crippen LogP contribution >= 0.6 is 11.6 Å². The number of nitrogens with zero attached hydrogens (tertiary/aromatic N) is 2. The number of nitrogens with one attached hydrogen (secondary N) is 1. The average molecular weight is 277 g/mol. The van der Waals surface area contributed by atoms with E-state index >= 15 is 0 Å². The molecule has 0 saturated carbocycles. The van der Waals surface area contributed by atoms with E-state index in [9.17, 15) is 4.79 Å². The molecular weight excluding hydrogens is 264 g/mol. The molecule has 6 heteroatoms. The zero-order valence-corrected chi connectivity index (χ0v) is 11.1. The smallest absolute Gasteiger partial charge is 0.271 e. The second kappa shape index (κ2) is 5.67. The van der Waals surface area contributed by atoms with Gasteiger partial charge in [0.05, 0.1) is 17.3 Å². The summed E-state index contributed by atoms with van der Waals surface area (Å²) < 4.78 is 0. The third kappa shape index (κ3) is 3.20. The standard InChI is InChI=1S/C13H13ClN4O/c1-8-3-2-6-16-10(8)7-17-13(19)12-9(14)4-5-11(15)18-12/h2-6H,7H2,1H3,(H2,15,18)(H,17,19). The minimum absolute atomic E-state index is 0.121. The Balaban J connectivity index is 2.10. The molecular formula is C13H13ClN4O. The number of pyridine rings is 2. The molecule has 98 valence electrons. The molecule has 2 heterocycles. The number of anilines is 1. The van der Waals surface area contributed by atoms with Crippen molar-refractivity contribution in [2.75, 3.05) is 5.73 Å². The minimum Gasteiger partial charge on any atom is -0.384 e. The molecule has 0 aromatic carbocycles. The molecule has 2 rings (SSSR count). The van der Waals surface area contributed by atoms with Crippen LogP contribution in [0.15, 0.2) is 30.5 Å². The minimum atomic E-state index is -0.373. The molecule has 0 radical (unpaired) electrons. The molecule has 5 nitrogen and oxygen atoms in total. The summed E-state index contributed by atoms with van der Waals surface area (Å²) in [4.78, 5) is 20.1. The predicted molar refractivity (Wildman–Crippen MR) is 73.8 cm³/mol. The topological polar surface area (TPSA) is 80.9 Å². The molecule has 0 fully saturated rings. The number of nitrogens with two attached hydrogens (primary N) is 1. The van der Waals surface area contributed by atoms with Crippen LogP contribution in [0.3, 0.4) is 0 Å². The molecule has 0 aliphatic heterocycles. The average Bonchev–Trinajstić information content (AvgIpc) is 2.40. The van der Waals surface area contributed by atoms with Gasteiger partial charge in [-0.2, -0.15) is 0 Å². The molecule has 1 amide bonds. The van der Waals surface area contributed by atoms with E-state index in [1.54, 1.807) is 18.3 Å². The van der Waals surface area contributed by atoms with Gasteiger partial charge in [0, 0.05) is 6.20 Å². The highest BCUT2D eigenvalue weighted by Crippen LogP contribution is 2.15. The Labute approximate surface area is 115 Å². The number of aromatic nitrogens is 2. The summed E-state index contributed by atoms with van der Waals surface area (Å²) in [5.41, 5.74) is 7.47. The highest BCUT2D eigenvalue weighted by molar-refractivity contribution is 6.33. The van der Waals surface area contributed by atoms with Crippen molar-refractivity contribution in [3.63, 3.8) is 0 Å². The van der Waals surface area contributed by atoms with E-state index < -0.39 is 0 Å². The van der Waals surface area contributed by atoms with Gasteiger partial charge in [0.1, 0.15) is 11.5 Å². The number of rotatable bonds is 3. The van der Waals surface area contributed by atoms with Crippen LogP contribution in [0.4, 0.5) is 5.82 Å². The zero-order chi connectivity index (χ0) is 13.8. The first-order valence-corrected chi connectivity index (χ1v) is 6.06. The monoisotopic (exact) mass is 276 g/mol. The van der Waals surface area contributed by atoms with Gasteiger partial charge in [-0.15, -0.1) is 0 Å². The largest absolute Gasteiger partial charge is 0.384 e. The number of amides is 1. The Bertz CT molecular complexity index is 615. The van der Waals surface area contributed by atoms with E-state index in [0.717, 1.165) is 11.3 Å². The van der Waals surface area contributed by atoms with Gasteiger partial charge >= 0.3 is 0 Å². The van der Waals surface area contributed by atoms with Gasteiger partial charge in [0.15, 0.2) is 0 Å². The van der Waals surface area contributed by atoms with E-state index in [1.807, 2.05) is 19.1 Å². The molecule has 0 spiro atoms. The molecule has 0 atom stereocenters. The second-order valence-corrected chi connectivity index (χ2v) is 4.42. The van der Waals surface area contributed by atoms with Gasteiger partial charge in [-0.3, -0.25) is 9.78 Å². The lowest BCUT2D eigenvalue weighted by Crippen LogP contribution is -2.25. The molecule has 0 aliphatic rings. The maximum atomic E-state index is 12.0. The number of nitrogen functional groups attached to an aromatic ring is 1. The number of halogens is 1. The number of carbonyl (C=O) groups excluding carboxylic acids is 1. The van der Waals surface area contributed by atoms with E-state index in [2.05, 4.69) is 15.3 Å². The lowest BCUT2D eigenvalue weighted by molar-refractivity contribution is 0.0945. The highest BCUT2D eigenvalue weighted by atomic mass is 35.5. The first kappa shape index (κ1) is 13.3. The summed E-state index contributed by atoms with van der Waals surface area (Å²) >= 11 is 5.91. The summed E-state index contributed by atoms with van der Waals surface area (Å²) in [6.45, 7) is 2.25. The van der Waals surface area contributed by atoms with Crippen LogP contribution in [0.2, 0.25) is 5.02 Å². The van der Waals surface area contributed by atoms with Crippen molar-refractivity contribution in [2.24, 2.45) is 0 Å². The van der Waals surface area contributed by atoms with E-state index in [4.69, 9.17) is 17.3 Å². The van der Waals surface area contributed by atoms with Crippen molar-refractivity contribution >= 4 is 23.3 Å². The van der Waals surface area contributed by atoms with E-state index in [0.29, 0.717) is 6.54 Å². The molecule has 3 N–H and O–H groups in total. The maximum absolute atomic E-state index is 12.0. The first-order chi connectivity index (χ1) is 9.08. The Morgan fingerprint density at radius 3 is 2.95 bits per heavy atom. The summed E-state index contributed by atoms with van der Waals surface area (Å²) in [5.74, 6) is -0.120. The SMILES string of the molecule is Cc1cccnc1CNC(=O)c1nc(N)ccc1Cl. The lowest BCUT2D eigenvalue weighted by Gasteiger charge is -2.07. The van der Waals surface area contributed by atoms with E-state index in [1.165, 1.54) is 0 Å². The van der Waals surface area contributed by atoms with Crippen LogP contribution in [0.25, 0.3) is 0 Å². The summed E-state index contributed by atoms with van der Waals surface area (Å²) in [7, 11) is 0. The molecule has 19 heavy (non-hydrogen) atoms. The van der Waals surface area contributed by atoms with Crippen molar-refractivity contribution in [3.8, 4) is 0 Å². The maximum Gasteiger partial charge on any atom is 0.271 e. The quantitative estimate of drug-likeness (QED) is 0.898. The van der Waals surface area contributed by atoms with Gasteiger partial charge in [-0.25, -0.2) is 4.98 Å². The van der Waals surface area contributed by atoms with Crippen molar-refractivity contribution in [1.29, 1.82) is 0 Å². The number of carbonyl (C=O) groups is 1. The van der Waals surface area contributed by atoms with Crippen LogP contribution in [0.1, 0.15) is 21.7 Å². The summed E-state index contributed by atoms with van der Waals surface area (Å²) in [5, 5.41) is 2.99. The third-order valence-electron chi connectivity index (χ3n) is 2.62. The van der Waals surface area contributed by atoms with Crippen molar-refractivity contribution < 1.29 is 4.79 Å². The van der Waals surface area contributed by atoms with Gasteiger partial charge in [-0.1, -0.05) is 17.7 Å². The highest BCUT2D eigenvalue weighted by Gasteiger charge is 2.12. The Morgan fingerprint density at radius 2 is 2.21 bits per heavy atom. The van der Waals surface area contributed by atoms with Crippen LogP contribution in [-0.2, 0) is 6.54 Å². The Morgan fingerprint density at radius 1 is 1.42 bits per heavy atom. The van der Waals surface area contributed by atoms with Crippen molar-refractivity contribution in [3.05, 3.63) is 52.4 Å². The van der Waals surface area contributed by atoms with Crippen molar-refractivity contribution in [1.82, 2.24) is 15.3 Å². The van der Waals surface area contributed by atoms with Crippen LogP contribution in [0.5, 0.6) is 0 Å². The molecule has 0 aliphatic carbocycles. The Kier molecular flexibility index (Phi) is 3.97. The third-order valence-corrected chi connectivity index (χ3v) is 2.92. The van der Waals surface area contributed by atoms with Gasteiger partial charge in [0.2, 0.25) is 0 Å². The summed E-state index contributed by atoms with van der Waals surface area (Å²) in [6, 6.07) is 6.87. The van der Waals surface area contributed by atoms with Gasteiger partial charge in [0.25, 0.3) is 5.91 Å². The van der Waals surface area contributed by atoms with Gasteiger partial charge < -0.3 is 11.1 Å². The predicted octanol–water partition coefficient (Wildman–Crippen LogP) is 1.95. The van der Waals surface area contributed by atoms with E-state index in [-0.39, 0.29) is 22.4 Å². The molecule has 0 unspecified atom stereocenters. The molecule has 2 aromatic rings. The molecule has 2 aromatic heterocycles. The van der Waals surface area contributed by atoms with Crippen LogP contribution in [-0.4, -0.2) is 15.9 Å². The first-order valence-electron chi connectivity index (χ1n) is 5.68. The van der Waals surface area contributed by atoms with Crippen molar-refractivity contribution in [2.45, 2.75) is 13.5 Å². The zero-order valence-electron chi connectivity index (χ0n) is 10.4. The summed E-state index contributed by atoms with van der Waals surface area (Å²) in [6.07, 6.45) is 1.68. The fourth-order valence-electron chi connectivity index (χ4n) is 1.57. The fourth-order valence-corrected chi connectivity index (χ4v) is 1.76. The van der Waals surface area contributed by atoms with Gasteiger partial charge in [-0.05, 0) is 30.7 Å². The lowest BCUT2D eigenvalue weighted by atomic mass is 10.2. The molecule has 0 bridgehead atoms. The van der Waals surface area contributed by atoms with Crippen LogP contribution < -0.4 is 11.1 Å². The second-order valence-electron chi connectivity index (χ2n) is 4.02. The number of hydrogen-bond acceptors (Lipinski definition) is 4. The fraction of sp³-hybridized carbons (Fsp3) is 0.154. The van der Waals surface area contributed by atoms with Crippen LogP contribution in [0, 0.1) is 6.92 Å². The number of hydrogen-bond donors (Lipinski definition) is 2. The molecule has 0 saturated heterocycles.